The standard InChI is InChI=1S/C24H34O6/c25-23(15-19-7-3-1-4-8-19)29-17-27-21-11-13-22(14-12-21)28-18-30-24(26)16-20-9-5-2-6-10-20/h11-14,19-20H,1-10,15-18H2. The van der Waals surface area contributed by atoms with Crippen LogP contribution in [-0.4, -0.2) is 25.5 Å². The zero-order valence-corrected chi connectivity index (χ0v) is 17.8. The highest BCUT2D eigenvalue weighted by Gasteiger charge is 2.19. The third kappa shape index (κ3) is 8.25. The molecule has 1 aromatic rings. The SMILES string of the molecule is O=C(CC1CCCCC1)OCOc1ccc(OCOC(=O)CC2CCCCC2)cc1. The summed E-state index contributed by atoms with van der Waals surface area (Å²) in [4.78, 5) is 23.8. The molecule has 2 aliphatic rings. The van der Waals surface area contributed by atoms with E-state index in [1.165, 1.54) is 38.5 Å². The van der Waals surface area contributed by atoms with E-state index in [0.717, 1.165) is 25.7 Å². The summed E-state index contributed by atoms with van der Waals surface area (Å²) in [5.41, 5.74) is 0. The van der Waals surface area contributed by atoms with Crippen LogP contribution in [0.25, 0.3) is 0 Å². The number of carbonyl (C=O) groups is 2. The predicted octanol–water partition coefficient (Wildman–Crippen LogP) is 5.39. The van der Waals surface area contributed by atoms with Crippen molar-refractivity contribution in [3.63, 3.8) is 0 Å². The summed E-state index contributed by atoms with van der Waals surface area (Å²) >= 11 is 0. The molecule has 30 heavy (non-hydrogen) atoms. The van der Waals surface area contributed by atoms with Crippen LogP contribution in [0.1, 0.15) is 77.0 Å². The van der Waals surface area contributed by atoms with E-state index in [1.807, 2.05) is 0 Å². The largest absolute Gasteiger partial charge is 0.457 e. The maximum absolute atomic E-state index is 11.9. The number of esters is 2. The molecule has 6 heteroatoms. The number of rotatable bonds is 10. The van der Waals surface area contributed by atoms with Crippen LogP contribution in [0.2, 0.25) is 0 Å². The van der Waals surface area contributed by atoms with Crippen molar-refractivity contribution in [1.29, 1.82) is 0 Å². The second-order valence-electron chi connectivity index (χ2n) is 8.44. The summed E-state index contributed by atoms with van der Waals surface area (Å²) in [6, 6.07) is 6.92. The molecule has 166 valence electrons. The minimum absolute atomic E-state index is 0.0927. The van der Waals surface area contributed by atoms with Gasteiger partial charge in [-0.15, -0.1) is 0 Å². The molecular weight excluding hydrogens is 384 g/mol. The van der Waals surface area contributed by atoms with Gasteiger partial charge in [-0.3, -0.25) is 9.59 Å². The van der Waals surface area contributed by atoms with E-state index in [1.54, 1.807) is 24.3 Å². The predicted molar refractivity (Wildman–Crippen MR) is 112 cm³/mol. The van der Waals surface area contributed by atoms with Gasteiger partial charge in [0.25, 0.3) is 0 Å². The number of carbonyl (C=O) groups excluding carboxylic acids is 2. The molecule has 0 saturated heterocycles. The molecule has 0 unspecified atom stereocenters. The van der Waals surface area contributed by atoms with Gasteiger partial charge < -0.3 is 18.9 Å². The first-order valence-corrected chi connectivity index (χ1v) is 11.4. The molecular formula is C24H34O6. The molecule has 0 spiro atoms. The minimum Gasteiger partial charge on any atom is -0.457 e. The number of hydrogen-bond donors (Lipinski definition) is 0. The fraction of sp³-hybridized carbons (Fsp3) is 0.667. The van der Waals surface area contributed by atoms with Gasteiger partial charge in [-0.05, 0) is 61.8 Å². The summed E-state index contributed by atoms with van der Waals surface area (Å²) in [5.74, 6) is 1.69. The number of benzene rings is 1. The van der Waals surface area contributed by atoms with Crippen molar-refractivity contribution in [3.05, 3.63) is 24.3 Å². The lowest BCUT2D eigenvalue weighted by Crippen LogP contribution is -2.16. The summed E-state index contributed by atoms with van der Waals surface area (Å²) in [6.45, 7) is -0.185. The molecule has 2 fully saturated rings. The molecule has 3 rings (SSSR count). The Kier molecular flexibility index (Phi) is 9.32. The molecule has 0 aliphatic heterocycles. The van der Waals surface area contributed by atoms with Crippen LogP contribution in [-0.2, 0) is 19.1 Å². The van der Waals surface area contributed by atoms with Crippen molar-refractivity contribution >= 4 is 11.9 Å². The highest BCUT2D eigenvalue weighted by atomic mass is 16.7. The van der Waals surface area contributed by atoms with Gasteiger partial charge in [0.1, 0.15) is 11.5 Å². The quantitative estimate of drug-likeness (QED) is 0.375. The third-order valence-electron chi connectivity index (χ3n) is 6.07. The Morgan fingerprint density at radius 3 is 1.37 bits per heavy atom. The zero-order chi connectivity index (χ0) is 21.0. The first kappa shape index (κ1) is 22.4. The van der Waals surface area contributed by atoms with E-state index >= 15 is 0 Å². The Bertz CT molecular complexity index is 587. The van der Waals surface area contributed by atoms with E-state index in [2.05, 4.69) is 0 Å². The fourth-order valence-electron chi connectivity index (χ4n) is 4.33. The molecule has 0 aromatic heterocycles. The Morgan fingerprint density at radius 1 is 0.633 bits per heavy atom. The van der Waals surface area contributed by atoms with E-state index < -0.39 is 0 Å². The van der Waals surface area contributed by atoms with Gasteiger partial charge in [0.2, 0.25) is 13.6 Å². The lowest BCUT2D eigenvalue weighted by atomic mass is 9.87. The molecule has 6 nitrogen and oxygen atoms in total. The van der Waals surface area contributed by atoms with Gasteiger partial charge in [-0.1, -0.05) is 38.5 Å². The molecule has 0 heterocycles. The van der Waals surface area contributed by atoms with Crippen LogP contribution in [0.4, 0.5) is 0 Å². The molecule has 0 amide bonds. The fourth-order valence-corrected chi connectivity index (χ4v) is 4.33. The van der Waals surface area contributed by atoms with Crippen molar-refractivity contribution in [3.8, 4) is 11.5 Å². The van der Waals surface area contributed by atoms with Crippen molar-refractivity contribution in [1.82, 2.24) is 0 Å². The Hall–Kier alpha value is -2.24. The van der Waals surface area contributed by atoms with Crippen LogP contribution in [0.5, 0.6) is 11.5 Å². The number of hydrogen-bond acceptors (Lipinski definition) is 6. The molecule has 0 N–H and O–H groups in total. The van der Waals surface area contributed by atoms with Crippen molar-refractivity contribution < 1.29 is 28.5 Å². The van der Waals surface area contributed by atoms with Crippen LogP contribution >= 0.6 is 0 Å². The lowest BCUT2D eigenvalue weighted by Gasteiger charge is -2.20. The second kappa shape index (κ2) is 12.5. The maximum atomic E-state index is 11.9. The van der Waals surface area contributed by atoms with Gasteiger partial charge >= 0.3 is 11.9 Å². The molecule has 0 bridgehead atoms. The first-order chi connectivity index (χ1) is 14.7. The van der Waals surface area contributed by atoms with Gasteiger partial charge in [0.15, 0.2) is 0 Å². The van der Waals surface area contributed by atoms with Crippen LogP contribution < -0.4 is 9.47 Å². The average molecular weight is 419 g/mol. The first-order valence-electron chi connectivity index (χ1n) is 11.4. The molecule has 2 aliphatic carbocycles. The molecule has 0 atom stereocenters. The topological polar surface area (TPSA) is 71.1 Å². The average Bonchev–Trinajstić information content (AvgIpc) is 2.76. The van der Waals surface area contributed by atoms with E-state index in [0.29, 0.717) is 36.2 Å². The Labute approximate surface area is 179 Å². The van der Waals surface area contributed by atoms with Crippen LogP contribution in [0.15, 0.2) is 24.3 Å². The second-order valence-corrected chi connectivity index (χ2v) is 8.44. The summed E-state index contributed by atoms with van der Waals surface area (Å²) in [6.07, 6.45) is 12.8. The highest BCUT2D eigenvalue weighted by molar-refractivity contribution is 5.70. The van der Waals surface area contributed by atoms with Gasteiger partial charge in [-0.25, -0.2) is 0 Å². The van der Waals surface area contributed by atoms with Gasteiger partial charge in [0, 0.05) is 12.8 Å². The number of ether oxygens (including phenoxy) is 4. The minimum atomic E-state index is -0.197. The molecule has 0 radical (unpaired) electrons. The van der Waals surface area contributed by atoms with Crippen molar-refractivity contribution in [2.45, 2.75) is 77.0 Å². The van der Waals surface area contributed by atoms with Crippen LogP contribution in [0.3, 0.4) is 0 Å². The van der Waals surface area contributed by atoms with Crippen molar-refractivity contribution in [2.24, 2.45) is 11.8 Å². The van der Waals surface area contributed by atoms with Gasteiger partial charge in [-0.2, -0.15) is 0 Å². The third-order valence-corrected chi connectivity index (χ3v) is 6.07. The normalized spacial score (nSPS) is 17.9. The van der Waals surface area contributed by atoms with E-state index in [9.17, 15) is 9.59 Å². The lowest BCUT2D eigenvalue weighted by molar-refractivity contribution is -0.152. The monoisotopic (exact) mass is 418 g/mol. The Balaban J connectivity index is 1.27. The zero-order valence-electron chi connectivity index (χ0n) is 17.8. The summed E-state index contributed by atoms with van der Waals surface area (Å²) in [7, 11) is 0. The Morgan fingerprint density at radius 2 is 1.00 bits per heavy atom. The maximum Gasteiger partial charge on any atom is 0.308 e. The summed E-state index contributed by atoms with van der Waals surface area (Å²) in [5, 5.41) is 0. The highest BCUT2D eigenvalue weighted by Crippen LogP contribution is 2.27. The van der Waals surface area contributed by atoms with E-state index in [4.69, 9.17) is 18.9 Å². The van der Waals surface area contributed by atoms with Gasteiger partial charge in [0.05, 0.1) is 0 Å². The molecule has 1 aromatic carbocycles. The molecule has 2 saturated carbocycles. The van der Waals surface area contributed by atoms with Crippen LogP contribution in [0, 0.1) is 11.8 Å². The smallest absolute Gasteiger partial charge is 0.308 e. The van der Waals surface area contributed by atoms with Crippen molar-refractivity contribution in [2.75, 3.05) is 13.6 Å². The summed E-state index contributed by atoms with van der Waals surface area (Å²) < 4.78 is 21.3. The van der Waals surface area contributed by atoms with E-state index in [-0.39, 0.29) is 25.5 Å².